The molecule has 5 aromatic rings. The molecule has 0 radical (unpaired) electrons. The fourth-order valence-electron chi connectivity index (χ4n) is 4.21. The van der Waals surface area contributed by atoms with Crippen LogP contribution in [-0.4, -0.2) is 23.1 Å². The number of para-hydroxylation sites is 2. The molecule has 0 bridgehead atoms. The quantitative estimate of drug-likeness (QED) is 0.130. The zero-order chi connectivity index (χ0) is 26.5. The first-order valence-electron chi connectivity index (χ1n) is 11.9. The van der Waals surface area contributed by atoms with Crippen LogP contribution < -0.4 is 10.2 Å². The Morgan fingerprint density at radius 1 is 0.947 bits per heavy atom. The van der Waals surface area contributed by atoms with E-state index >= 15 is 0 Å². The van der Waals surface area contributed by atoms with Gasteiger partial charge in [-0.3, -0.25) is 4.79 Å². The van der Waals surface area contributed by atoms with Gasteiger partial charge in [0.2, 0.25) is 0 Å². The van der Waals surface area contributed by atoms with Crippen LogP contribution >= 0.6 is 0 Å². The van der Waals surface area contributed by atoms with Crippen molar-refractivity contribution in [3.05, 3.63) is 125 Å². The Bertz CT molecular complexity index is 1730. The van der Waals surface area contributed by atoms with Crippen LogP contribution in [0.3, 0.4) is 0 Å². The number of nitrogens with one attached hydrogen (secondary N) is 2. The molecule has 1 amide bonds. The Morgan fingerprint density at radius 3 is 2.50 bits per heavy atom. The highest BCUT2D eigenvalue weighted by Gasteiger charge is 2.20. The number of carbonyl (C=O) groups excluding carboxylic acids is 2. The number of fused-ring (bicyclic) bond motifs is 1. The lowest BCUT2D eigenvalue weighted by molar-refractivity contribution is 0.0734. The molecular weight excluding hydrogens is 476 g/mol. The topological polar surface area (TPSA) is 107 Å². The molecule has 0 unspecified atom stereocenters. The van der Waals surface area contributed by atoms with Crippen LogP contribution in [0.2, 0.25) is 0 Å². The van der Waals surface area contributed by atoms with Gasteiger partial charge in [-0.05, 0) is 42.8 Å². The summed E-state index contributed by atoms with van der Waals surface area (Å²) in [4.78, 5) is 29.0. The molecule has 1 heterocycles. The number of hydrazone groups is 1. The van der Waals surface area contributed by atoms with Gasteiger partial charge in [0.25, 0.3) is 5.91 Å². The molecule has 2 N–H and O–H groups in total. The number of carbonyl (C=O) groups is 2. The number of amides is 1. The molecule has 1 aromatic heterocycles. The molecule has 0 saturated carbocycles. The largest absolute Gasteiger partial charge is 0.422 e. The smallest absolute Gasteiger partial charge is 0.343 e. The number of hydrogen-bond acceptors (Lipinski definition) is 5. The first kappa shape index (κ1) is 24.2. The summed E-state index contributed by atoms with van der Waals surface area (Å²) in [5.41, 5.74) is 7.26. The normalized spacial score (nSPS) is 10.8. The van der Waals surface area contributed by atoms with Gasteiger partial charge >= 0.3 is 5.97 Å². The zero-order valence-electron chi connectivity index (χ0n) is 20.4. The average molecular weight is 499 g/mol. The van der Waals surface area contributed by atoms with E-state index in [4.69, 9.17) is 4.74 Å². The second-order valence-electron chi connectivity index (χ2n) is 8.58. The third-order valence-corrected chi connectivity index (χ3v) is 5.99. The van der Waals surface area contributed by atoms with Crippen molar-refractivity contribution in [2.24, 2.45) is 5.10 Å². The Labute approximate surface area is 219 Å². The molecule has 7 nitrogen and oxygen atoms in total. The van der Waals surface area contributed by atoms with Crippen LogP contribution in [0.15, 0.2) is 102 Å². The number of esters is 1. The van der Waals surface area contributed by atoms with Crippen molar-refractivity contribution in [3.8, 4) is 22.9 Å². The summed E-state index contributed by atoms with van der Waals surface area (Å²) >= 11 is 0. The third kappa shape index (κ3) is 4.92. The Morgan fingerprint density at radius 2 is 1.71 bits per heavy atom. The van der Waals surface area contributed by atoms with Crippen LogP contribution in [0.4, 0.5) is 0 Å². The van der Waals surface area contributed by atoms with Crippen LogP contribution in [-0.2, 0) is 0 Å². The Kier molecular flexibility index (Phi) is 6.79. The summed E-state index contributed by atoms with van der Waals surface area (Å²) in [6.45, 7) is 1.90. The first-order chi connectivity index (χ1) is 18.5. The van der Waals surface area contributed by atoms with E-state index in [0.717, 1.165) is 16.5 Å². The van der Waals surface area contributed by atoms with Gasteiger partial charge in [-0.2, -0.15) is 10.4 Å². The molecule has 7 heteroatoms. The Balaban J connectivity index is 1.41. The summed E-state index contributed by atoms with van der Waals surface area (Å²) in [6, 6.07) is 31.0. The molecule has 38 heavy (non-hydrogen) atoms. The van der Waals surface area contributed by atoms with Gasteiger partial charge in [-0.15, -0.1) is 0 Å². The van der Waals surface area contributed by atoms with Crippen molar-refractivity contribution < 1.29 is 14.3 Å². The number of nitriles is 1. The van der Waals surface area contributed by atoms with E-state index in [1.54, 1.807) is 54.6 Å². The van der Waals surface area contributed by atoms with Gasteiger partial charge in [0.15, 0.2) is 0 Å². The highest BCUT2D eigenvalue weighted by atomic mass is 16.5. The second-order valence-corrected chi connectivity index (χ2v) is 8.58. The predicted octanol–water partition coefficient (Wildman–Crippen LogP) is 6.00. The number of nitrogens with zero attached hydrogens (tertiary/aromatic N) is 2. The third-order valence-electron chi connectivity index (χ3n) is 5.99. The van der Waals surface area contributed by atoms with Crippen molar-refractivity contribution in [1.29, 1.82) is 5.26 Å². The monoisotopic (exact) mass is 498 g/mol. The van der Waals surface area contributed by atoms with Crippen molar-refractivity contribution in [2.75, 3.05) is 0 Å². The predicted molar refractivity (Wildman–Crippen MR) is 146 cm³/mol. The van der Waals surface area contributed by atoms with Gasteiger partial charge in [-0.1, -0.05) is 72.3 Å². The number of aryl methyl sites for hydroxylation is 1. The van der Waals surface area contributed by atoms with Crippen molar-refractivity contribution >= 4 is 29.0 Å². The summed E-state index contributed by atoms with van der Waals surface area (Å²) in [6.07, 6.45) is 1.42. The van der Waals surface area contributed by atoms with Crippen molar-refractivity contribution in [3.63, 3.8) is 0 Å². The lowest BCUT2D eigenvalue weighted by Gasteiger charge is -2.08. The average Bonchev–Trinajstić information content (AvgIpc) is 3.34. The lowest BCUT2D eigenvalue weighted by atomic mass is 10.0. The molecule has 5 rings (SSSR count). The maximum absolute atomic E-state index is 13.3. The van der Waals surface area contributed by atoms with E-state index in [1.165, 1.54) is 6.21 Å². The standard InChI is InChI=1S/C31H22N4O3/c1-20-9-7-13-22(17-20)31(37)38-26-16-6-5-12-24(26)19-33-35-30(36)29-27(21-10-3-2-4-11-21)25-15-8-14-23(18-32)28(25)34-29/h2-17,19,34H,1H3,(H,35,36). The Hall–Kier alpha value is -5.48. The molecule has 0 saturated heterocycles. The molecule has 0 aliphatic rings. The van der Waals surface area contributed by atoms with Crippen molar-refractivity contribution in [2.45, 2.75) is 6.92 Å². The minimum absolute atomic E-state index is 0.283. The molecule has 0 fully saturated rings. The number of hydrogen-bond donors (Lipinski definition) is 2. The molecule has 184 valence electrons. The van der Waals surface area contributed by atoms with Crippen LogP contribution in [0, 0.1) is 18.3 Å². The van der Waals surface area contributed by atoms with Crippen molar-refractivity contribution in [1.82, 2.24) is 10.4 Å². The summed E-state index contributed by atoms with van der Waals surface area (Å²) in [5.74, 6) is -0.654. The highest BCUT2D eigenvalue weighted by molar-refractivity contribution is 6.10. The SMILES string of the molecule is Cc1cccc(C(=O)Oc2ccccc2C=NNC(=O)c2[nH]c3c(C#N)cccc3c2-c2ccccc2)c1. The van der Waals surface area contributed by atoms with Gasteiger partial charge in [-0.25, -0.2) is 10.2 Å². The van der Waals surface area contributed by atoms with E-state index in [0.29, 0.717) is 33.5 Å². The molecule has 0 aliphatic heterocycles. The number of aromatic amines is 1. The minimum Gasteiger partial charge on any atom is -0.422 e. The molecule has 4 aromatic carbocycles. The van der Waals surface area contributed by atoms with Crippen LogP contribution in [0.25, 0.3) is 22.0 Å². The molecular formula is C31H22N4O3. The van der Waals surface area contributed by atoms with E-state index in [-0.39, 0.29) is 5.69 Å². The van der Waals surface area contributed by atoms with Gasteiger partial charge in [0.05, 0.1) is 22.9 Å². The number of benzene rings is 4. The maximum atomic E-state index is 13.3. The van der Waals surface area contributed by atoms with E-state index in [9.17, 15) is 14.9 Å². The number of aromatic nitrogens is 1. The second kappa shape index (κ2) is 10.6. The fraction of sp³-hybridized carbons (Fsp3) is 0.0323. The van der Waals surface area contributed by atoms with Gasteiger partial charge in [0.1, 0.15) is 17.5 Å². The zero-order valence-corrected chi connectivity index (χ0v) is 20.4. The van der Waals surface area contributed by atoms with E-state index < -0.39 is 11.9 Å². The molecule has 0 aliphatic carbocycles. The van der Waals surface area contributed by atoms with E-state index in [1.807, 2.05) is 49.4 Å². The summed E-state index contributed by atoms with van der Waals surface area (Å²) in [5, 5.41) is 14.4. The summed E-state index contributed by atoms with van der Waals surface area (Å²) in [7, 11) is 0. The number of rotatable bonds is 6. The highest BCUT2D eigenvalue weighted by Crippen LogP contribution is 2.33. The lowest BCUT2D eigenvalue weighted by Crippen LogP contribution is -2.19. The summed E-state index contributed by atoms with van der Waals surface area (Å²) < 4.78 is 5.59. The first-order valence-corrected chi connectivity index (χ1v) is 11.9. The maximum Gasteiger partial charge on any atom is 0.343 e. The number of ether oxygens (including phenoxy) is 1. The minimum atomic E-state index is -0.488. The molecule has 0 atom stereocenters. The number of H-pyrrole nitrogens is 1. The van der Waals surface area contributed by atoms with E-state index in [2.05, 4.69) is 21.6 Å². The molecule has 0 spiro atoms. The fourth-order valence-corrected chi connectivity index (χ4v) is 4.21. The van der Waals surface area contributed by atoms with Crippen LogP contribution in [0.1, 0.15) is 37.5 Å². The van der Waals surface area contributed by atoms with Gasteiger partial charge in [0, 0.05) is 16.5 Å². The van der Waals surface area contributed by atoms with Gasteiger partial charge < -0.3 is 9.72 Å². The van der Waals surface area contributed by atoms with Crippen LogP contribution in [0.5, 0.6) is 5.75 Å².